The molecular weight excluding hydrogens is 943 g/mol. The Kier molecular flexibility index (Phi) is 23.9. The number of carbonyl (C=O) groups excluding carboxylic acids is 6. The van der Waals surface area contributed by atoms with Gasteiger partial charge in [-0.25, -0.2) is 4.79 Å². The Balaban J connectivity index is 1.69. The maximum Gasteiger partial charge on any atom is 0.329 e. The van der Waals surface area contributed by atoms with Crippen LogP contribution in [0, 0.1) is 46.8 Å². The monoisotopic (exact) mass is 1030 g/mol. The van der Waals surface area contributed by atoms with Crippen LogP contribution in [0.5, 0.6) is 0 Å². The van der Waals surface area contributed by atoms with Crippen LogP contribution in [0.1, 0.15) is 132 Å². The molecule has 1 saturated carbocycles. The second kappa shape index (κ2) is 28.3. The van der Waals surface area contributed by atoms with Gasteiger partial charge >= 0.3 is 11.9 Å². The topological polar surface area (TPSA) is 253 Å². The number of aliphatic hydroxyl groups is 5. The molecular formula is C56H87NO16. The summed E-state index contributed by atoms with van der Waals surface area (Å²) < 4.78 is 29.8. The van der Waals surface area contributed by atoms with E-state index in [-0.39, 0.29) is 49.2 Å². The fourth-order valence-corrected chi connectivity index (χ4v) is 10.8. The van der Waals surface area contributed by atoms with Gasteiger partial charge in [-0.15, -0.1) is 0 Å². The molecule has 3 heterocycles. The predicted molar refractivity (Wildman–Crippen MR) is 271 cm³/mol. The van der Waals surface area contributed by atoms with Gasteiger partial charge in [0, 0.05) is 51.4 Å². The van der Waals surface area contributed by atoms with Crippen LogP contribution in [0.25, 0.3) is 0 Å². The quantitative estimate of drug-likeness (QED) is 0.106. The van der Waals surface area contributed by atoms with E-state index < -0.39 is 127 Å². The highest BCUT2D eigenvalue weighted by Gasteiger charge is 2.53. The molecule has 1 amide bonds. The third-order valence-corrected chi connectivity index (χ3v) is 16.0. The number of ether oxygens (including phenoxy) is 5. The van der Waals surface area contributed by atoms with Gasteiger partial charge < -0.3 is 54.1 Å². The molecule has 15 atom stereocenters. The SMILES string of the molecule is COC1CC2CCC(C)C(O)(O2)C(=O)C(=O)N2CCCCC2C(=O)OC(C(C)CC2CCC(OC(=O)C(C)(CO)CO)C(OC)C2)CC(=O)C(C)/C=C(\C)C(O)C(CO)C(=O)C(C)CC(C)/C=C/C=C/C=C/1C. The number of methoxy groups -OCH3 is 2. The number of hydrogen-bond donors (Lipinski definition) is 5. The Morgan fingerprint density at radius 1 is 0.877 bits per heavy atom. The largest absolute Gasteiger partial charge is 0.460 e. The molecule has 0 spiro atoms. The number of cyclic esters (lactones) is 1. The molecule has 17 nitrogen and oxygen atoms in total. The first-order valence-corrected chi connectivity index (χ1v) is 26.5. The summed E-state index contributed by atoms with van der Waals surface area (Å²) in [5.41, 5.74) is -0.327. The second-order valence-electron chi connectivity index (χ2n) is 22.0. The molecule has 15 unspecified atom stereocenters. The van der Waals surface area contributed by atoms with Crippen molar-refractivity contribution in [3.63, 3.8) is 0 Å². The number of rotatable bonds is 10. The zero-order valence-corrected chi connectivity index (χ0v) is 45.0. The summed E-state index contributed by atoms with van der Waals surface area (Å²) in [5, 5.41) is 53.4. The first-order valence-electron chi connectivity index (χ1n) is 26.5. The lowest BCUT2D eigenvalue weighted by Gasteiger charge is -2.42. The summed E-state index contributed by atoms with van der Waals surface area (Å²) in [6, 6.07) is -1.21. The molecule has 73 heavy (non-hydrogen) atoms. The van der Waals surface area contributed by atoms with E-state index in [0.29, 0.717) is 63.4 Å². The summed E-state index contributed by atoms with van der Waals surface area (Å²) in [6.07, 6.45) is 10.6. The lowest BCUT2D eigenvalue weighted by Crippen LogP contribution is -2.61. The number of amides is 1. The Labute approximate surface area is 432 Å². The van der Waals surface area contributed by atoms with E-state index in [4.69, 9.17) is 23.7 Å². The normalized spacial score (nSPS) is 37.4. The summed E-state index contributed by atoms with van der Waals surface area (Å²) in [6.45, 7) is 12.0. The van der Waals surface area contributed by atoms with Crippen molar-refractivity contribution in [2.75, 3.05) is 40.6 Å². The molecule has 17 heteroatoms. The minimum Gasteiger partial charge on any atom is -0.460 e. The van der Waals surface area contributed by atoms with Crippen molar-refractivity contribution in [1.29, 1.82) is 0 Å². The first-order chi connectivity index (χ1) is 34.5. The number of allylic oxidation sites excluding steroid dienone is 6. The van der Waals surface area contributed by atoms with E-state index in [1.165, 1.54) is 14.0 Å². The number of hydrogen-bond acceptors (Lipinski definition) is 16. The number of esters is 2. The summed E-state index contributed by atoms with van der Waals surface area (Å²) >= 11 is 0. The number of Topliss-reactive ketones (excluding diaryl/α,β-unsaturated/α-hetero) is 3. The molecule has 2 saturated heterocycles. The zero-order chi connectivity index (χ0) is 54.4. The van der Waals surface area contributed by atoms with Gasteiger partial charge in [0.15, 0.2) is 0 Å². The minimum atomic E-state index is -2.47. The third-order valence-electron chi connectivity index (χ3n) is 16.0. The van der Waals surface area contributed by atoms with Crippen LogP contribution in [0.15, 0.2) is 47.6 Å². The molecule has 0 aromatic carbocycles. The minimum absolute atomic E-state index is 0.0330. The maximum absolute atomic E-state index is 14.5. The molecule has 0 aromatic rings. The van der Waals surface area contributed by atoms with Crippen LogP contribution < -0.4 is 0 Å². The van der Waals surface area contributed by atoms with E-state index in [1.54, 1.807) is 40.9 Å². The van der Waals surface area contributed by atoms with Gasteiger partial charge in [0.2, 0.25) is 5.79 Å². The fourth-order valence-electron chi connectivity index (χ4n) is 10.8. The highest BCUT2D eigenvalue weighted by Crippen LogP contribution is 2.38. The molecule has 0 radical (unpaired) electrons. The lowest BCUT2D eigenvalue weighted by atomic mass is 9.78. The molecule has 4 aliphatic rings. The molecule has 3 fully saturated rings. The van der Waals surface area contributed by atoms with Crippen molar-refractivity contribution in [3.05, 3.63) is 47.6 Å². The number of aliphatic hydroxyl groups excluding tert-OH is 4. The van der Waals surface area contributed by atoms with Crippen molar-refractivity contribution < 1.29 is 78.0 Å². The Morgan fingerprint density at radius 3 is 2.22 bits per heavy atom. The van der Waals surface area contributed by atoms with Gasteiger partial charge in [-0.2, -0.15) is 0 Å². The highest BCUT2D eigenvalue weighted by atomic mass is 16.6. The van der Waals surface area contributed by atoms with Crippen molar-refractivity contribution in [2.24, 2.45) is 46.8 Å². The van der Waals surface area contributed by atoms with E-state index in [0.717, 1.165) is 10.5 Å². The van der Waals surface area contributed by atoms with Crippen LogP contribution in [0.4, 0.5) is 0 Å². The van der Waals surface area contributed by atoms with Crippen molar-refractivity contribution >= 4 is 35.2 Å². The van der Waals surface area contributed by atoms with Crippen LogP contribution in [0.3, 0.4) is 0 Å². The van der Waals surface area contributed by atoms with Gasteiger partial charge in [-0.3, -0.25) is 24.0 Å². The molecule has 3 aliphatic heterocycles. The Hall–Kier alpha value is -3.94. The van der Waals surface area contributed by atoms with E-state index in [2.05, 4.69) is 0 Å². The van der Waals surface area contributed by atoms with Gasteiger partial charge in [0.25, 0.3) is 11.7 Å². The molecule has 0 aromatic heterocycles. The van der Waals surface area contributed by atoms with E-state index in [9.17, 15) is 54.3 Å². The maximum atomic E-state index is 14.5. The third kappa shape index (κ3) is 16.0. The van der Waals surface area contributed by atoms with Crippen molar-refractivity contribution in [1.82, 2.24) is 4.90 Å². The van der Waals surface area contributed by atoms with Gasteiger partial charge in [0.1, 0.15) is 35.2 Å². The van der Waals surface area contributed by atoms with E-state index >= 15 is 0 Å². The van der Waals surface area contributed by atoms with Crippen LogP contribution in [0.2, 0.25) is 0 Å². The number of ketones is 3. The first kappa shape index (κ1) is 61.6. The Morgan fingerprint density at radius 2 is 1.58 bits per heavy atom. The molecule has 1 aliphatic carbocycles. The van der Waals surface area contributed by atoms with E-state index in [1.807, 2.05) is 51.2 Å². The molecule has 412 valence electrons. The number of nitrogens with zero attached hydrogens (tertiary/aromatic N) is 1. The number of carbonyl (C=O) groups is 6. The van der Waals surface area contributed by atoms with Crippen molar-refractivity contribution in [2.45, 2.75) is 181 Å². The Bertz CT molecular complexity index is 2010. The summed E-state index contributed by atoms with van der Waals surface area (Å²) in [5.74, 6) is -10.7. The standard InChI is InChI=1S/C56H87NO16/c1-33-16-12-11-13-17-34(2)46(69-9)28-41-21-19-39(7)56(68,73-41)51(64)52(65)57-23-15-14-18-43(57)53(66)71-47(29-44(61)35(3)25-38(6)50(63)42(30-58)49(62)37(5)24-33)36(4)26-40-20-22-45(48(27-40)70-10)72-54(67)55(8,31-59)32-60/h11-13,16-17,25,33,35-37,39-43,45-48,50,58-60,63,68H,14-15,18-24,26-32H2,1-10H3/b13-11+,16-12+,34-17+,38-25+. The van der Waals surface area contributed by atoms with Crippen LogP contribution in [-0.4, -0.2) is 155 Å². The van der Waals surface area contributed by atoms with Gasteiger partial charge in [-0.1, -0.05) is 71.1 Å². The zero-order valence-electron chi connectivity index (χ0n) is 45.0. The summed E-state index contributed by atoms with van der Waals surface area (Å²) in [7, 11) is 3.06. The highest BCUT2D eigenvalue weighted by molar-refractivity contribution is 6.39. The average Bonchev–Trinajstić information content (AvgIpc) is 3.37. The lowest BCUT2D eigenvalue weighted by molar-refractivity contribution is -0.265. The average molecular weight is 1030 g/mol. The molecule has 5 N–H and O–H groups in total. The van der Waals surface area contributed by atoms with Gasteiger partial charge in [-0.05, 0) is 114 Å². The van der Waals surface area contributed by atoms with Crippen LogP contribution in [-0.2, 0) is 52.5 Å². The second-order valence-corrected chi connectivity index (χ2v) is 22.0. The smallest absolute Gasteiger partial charge is 0.329 e. The molecule has 4 rings (SSSR count). The number of piperidine rings is 1. The van der Waals surface area contributed by atoms with Crippen molar-refractivity contribution in [3.8, 4) is 0 Å². The molecule has 2 bridgehead atoms. The summed E-state index contributed by atoms with van der Waals surface area (Å²) in [4.78, 5) is 85.3. The van der Waals surface area contributed by atoms with Crippen LogP contribution >= 0.6 is 0 Å². The fraction of sp³-hybridized carbons (Fsp3) is 0.750. The van der Waals surface area contributed by atoms with Gasteiger partial charge in [0.05, 0.1) is 50.2 Å². The number of fused-ring (bicyclic) bond motifs is 3. The predicted octanol–water partition coefficient (Wildman–Crippen LogP) is 5.32.